The van der Waals surface area contributed by atoms with Gasteiger partial charge in [0.05, 0.1) is 10.5 Å². The maximum Gasteiger partial charge on any atom is 0.145 e. The Labute approximate surface area is 132 Å². The van der Waals surface area contributed by atoms with Gasteiger partial charge in [0.25, 0.3) is 0 Å². The van der Waals surface area contributed by atoms with Crippen LogP contribution in [-0.2, 0) is 0 Å². The first-order chi connectivity index (χ1) is 9.47. The molecule has 0 aliphatic carbocycles. The first-order valence-corrected chi connectivity index (χ1v) is 7.40. The SMILES string of the molecule is Cc1c(Br)cccc1C(NN)c1c(F)ccc(Br)c1F. The van der Waals surface area contributed by atoms with Gasteiger partial charge in [-0.3, -0.25) is 5.84 Å². The number of hydrazine groups is 1. The first kappa shape index (κ1) is 15.6. The monoisotopic (exact) mass is 404 g/mol. The van der Waals surface area contributed by atoms with Crippen LogP contribution in [0.1, 0.15) is 22.7 Å². The average molecular weight is 406 g/mol. The zero-order valence-electron chi connectivity index (χ0n) is 10.6. The second-order valence-electron chi connectivity index (χ2n) is 4.31. The van der Waals surface area contributed by atoms with Crippen LogP contribution in [0.5, 0.6) is 0 Å². The molecule has 0 saturated carbocycles. The lowest BCUT2D eigenvalue weighted by atomic mass is 9.95. The van der Waals surface area contributed by atoms with Crippen molar-refractivity contribution in [2.75, 3.05) is 0 Å². The van der Waals surface area contributed by atoms with Crippen molar-refractivity contribution in [1.82, 2.24) is 5.43 Å². The summed E-state index contributed by atoms with van der Waals surface area (Å²) in [5.41, 5.74) is 3.96. The van der Waals surface area contributed by atoms with Gasteiger partial charge in [-0.2, -0.15) is 0 Å². The Morgan fingerprint density at radius 2 is 1.80 bits per heavy atom. The Balaban J connectivity index is 2.65. The Morgan fingerprint density at radius 3 is 2.45 bits per heavy atom. The second kappa shape index (κ2) is 6.30. The van der Waals surface area contributed by atoms with E-state index in [2.05, 4.69) is 37.3 Å². The standard InChI is InChI=1S/C14H12Br2F2N2/c1-7-8(3-2-4-9(7)15)14(20-19)12-11(17)6-5-10(16)13(12)18/h2-6,14,20H,19H2,1H3. The van der Waals surface area contributed by atoms with Crippen molar-refractivity contribution >= 4 is 31.9 Å². The molecule has 0 fully saturated rings. The number of nitrogens with two attached hydrogens (primary N) is 1. The van der Waals surface area contributed by atoms with Gasteiger partial charge in [-0.05, 0) is 52.2 Å². The number of halogens is 4. The molecular weight excluding hydrogens is 394 g/mol. The molecule has 2 nitrogen and oxygen atoms in total. The molecule has 6 heteroatoms. The number of rotatable bonds is 3. The molecule has 1 atom stereocenters. The quantitative estimate of drug-likeness (QED) is 0.452. The smallest absolute Gasteiger partial charge is 0.145 e. The minimum atomic E-state index is -0.773. The fourth-order valence-electron chi connectivity index (χ4n) is 2.07. The topological polar surface area (TPSA) is 38.0 Å². The lowest BCUT2D eigenvalue weighted by Gasteiger charge is -2.21. The molecule has 2 aromatic rings. The van der Waals surface area contributed by atoms with Crippen LogP contribution in [0.3, 0.4) is 0 Å². The molecule has 0 aliphatic rings. The zero-order chi connectivity index (χ0) is 14.9. The van der Waals surface area contributed by atoms with E-state index in [0.717, 1.165) is 10.0 Å². The van der Waals surface area contributed by atoms with Gasteiger partial charge in [-0.1, -0.05) is 28.1 Å². The predicted molar refractivity (Wildman–Crippen MR) is 82.1 cm³/mol. The van der Waals surface area contributed by atoms with E-state index in [0.29, 0.717) is 5.56 Å². The summed E-state index contributed by atoms with van der Waals surface area (Å²) in [5.74, 6) is 4.22. The molecule has 0 heterocycles. The minimum absolute atomic E-state index is 0.108. The summed E-state index contributed by atoms with van der Waals surface area (Å²) >= 11 is 6.47. The Kier molecular flexibility index (Phi) is 4.90. The molecule has 3 N–H and O–H groups in total. The summed E-state index contributed by atoms with van der Waals surface area (Å²) in [4.78, 5) is 0. The van der Waals surface area contributed by atoms with E-state index >= 15 is 0 Å². The van der Waals surface area contributed by atoms with Crippen molar-refractivity contribution in [3.63, 3.8) is 0 Å². The van der Waals surface area contributed by atoms with Crippen LogP contribution in [0.15, 0.2) is 39.3 Å². The molecule has 0 bridgehead atoms. The molecule has 0 amide bonds. The third kappa shape index (κ3) is 2.79. The minimum Gasteiger partial charge on any atom is -0.271 e. The molecule has 0 spiro atoms. The van der Waals surface area contributed by atoms with E-state index in [4.69, 9.17) is 5.84 Å². The van der Waals surface area contributed by atoms with Crippen molar-refractivity contribution in [3.8, 4) is 0 Å². The van der Waals surface area contributed by atoms with Crippen LogP contribution >= 0.6 is 31.9 Å². The molecule has 0 aromatic heterocycles. The van der Waals surface area contributed by atoms with E-state index in [1.165, 1.54) is 12.1 Å². The van der Waals surface area contributed by atoms with Crippen LogP contribution in [0, 0.1) is 18.6 Å². The maximum absolute atomic E-state index is 14.2. The highest BCUT2D eigenvalue weighted by molar-refractivity contribution is 9.10. The molecule has 20 heavy (non-hydrogen) atoms. The van der Waals surface area contributed by atoms with Gasteiger partial charge < -0.3 is 0 Å². The lowest BCUT2D eigenvalue weighted by Crippen LogP contribution is -2.31. The van der Waals surface area contributed by atoms with E-state index < -0.39 is 17.7 Å². The molecule has 0 aliphatic heterocycles. The third-order valence-corrected chi connectivity index (χ3v) is 4.63. The van der Waals surface area contributed by atoms with Crippen LogP contribution in [0.2, 0.25) is 0 Å². The van der Waals surface area contributed by atoms with E-state index in [1.807, 2.05) is 13.0 Å². The van der Waals surface area contributed by atoms with Crippen molar-refractivity contribution in [3.05, 3.63) is 67.6 Å². The zero-order valence-corrected chi connectivity index (χ0v) is 13.7. The van der Waals surface area contributed by atoms with Crippen molar-refractivity contribution in [2.45, 2.75) is 13.0 Å². The summed E-state index contributed by atoms with van der Waals surface area (Å²) in [5, 5.41) is 0. The van der Waals surface area contributed by atoms with Gasteiger partial charge in [0.15, 0.2) is 0 Å². The highest BCUT2D eigenvalue weighted by atomic mass is 79.9. The van der Waals surface area contributed by atoms with E-state index in [9.17, 15) is 8.78 Å². The molecular formula is C14H12Br2F2N2. The number of nitrogens with one attached hydrogen (secondary N) is 1. The van der Waals surface area contributed by atoms with Gasteiger partial charge >= 0.3 is 0 Å². The number of hydrogen-bond donors (Lipinski definition) is 2. The summed E-state index contributed by atoms with van der Waals surface area (Å²) in [6, 6.07) is 7.20. The van der Waals surface area contributed by atoms with E-state index in [1.54, 1.807) is 12.1 Å². The molecule has 1 unspecified atom stereocenters. The van der Waals surface area contributed by atoms with Crippen LogP contribution in [0.4, 0.5) is 8.78 Å². The highest BCUT2D eigenvalue weighted by Gasteiger charge is 2.24. The fourth-order valence-corrected chi connectivity index (χ4v) is 2.80. The summed E-state index contributed by atoms with van der Waals surface area (Å²) in [6.45, 7) is 1.86. The van der Waals surface area contributed by atoms with Gasteiger partial charge in [0.2, 0.25) is 0 Å². The van der Waals surface area contributed by atoms with Crippen LogP contribution in [0.25, 0.3) is 0 Å². The summed E-state index contributed by atoms with van der Waals surface area (Å²) < 4.78 is 29.3. The van der Waals surface area contributed by atoms with Crippen molar-refractivity contribution < 1.29 is 8.78 Å². The van der Waals surface area contributed by atoms with Gasteiger partial charge in [0.1, 0.15) is 11.6 Å². The Bertz CT molecular complexity index is 647. The normalized spacial score (nSPS) is 12.5. The summed E-state index contributed by atoms with van der Waals surface area (Å²) in [7, 11) is 0. The largest absolute Gasteiger partial charge is 0.271 e. The Hall–Kier alpha value is -0.820. The molecule has 0 saturated heterocycles. The van der Waals surface area contributed by atoms with Gasteiger partial charge in [-0.15, -0.1) is 0 Å². The van der Waals surface area contributed by atoms with Crippen molar-refractivity contribution in [2.24, 2.45) is 5.84 Å². The summed E-state index contributed by atoms with van der Waals surface area (Å²) in [6.07, 6.45) is 0. The van der Waals surface area contributed by atoms with E-state index in [-0.39, 0.29) is 10.0 Å². The Morgan fingerprint density at radius 1 is 1.10 bits per heavy atom. The second-order valence-corrected chi connectivity index (χ2v) is 6.02. The lowest BCUT2D eigenvalue weighted by molar-refractivity contribution is 0.506. The number of benzene rings is 2. The van der Waals surface area contributed by atoms with Crippen LogP contribution in [-0.4, -0.2) is 0 Å². The third-order valence-electron chi connectivity index (χ3n) is 3.16. The molecule has 2 rings (SSSR count). The average Bonchev–Trinajstić information content (AvgIpc) is 2.43. The predicted octanol–water partition coefficient (Wildman–Crippen LogP) is 4.35. The highest BCUT2D eigenvalue weighted by Crippen LogP contribution is 2.33. The van der Waals surface area contributed by atoms with Crippen molar-refractivity contribution in [1.29, 1.82) is 0 Å². The molecule has 106 valence electrons. The fraction of sp³-hybridized carbons (Fsp3) is 0.143. The molecule has 0 radical (unpaired) electrons. The molecule has 2 aromatic carbocycles. The van der Waals surface area contributed by atoms with Crippen LogP contribution < -0.4 is 11.3 Å². The van der Waals surface area contributed by atoms with Gasteiger partial charge in [0, 0.05) is 10.0 Å². The maximum atomic E-state index is 14.2. The first-order valence-electron chi connectivity index (χ1n) is 5.82. The number of hydrogen-bond acceptors (Lipinski definition) is 2. The van der Waals surface area contributed by atoms with Gasteiger partial charge in [-0.25, -0.2) is 14.2 Å².